The largest absolute Gasteiger partial charge is 0.379 e. The Kier molecular flexibility index (Phi) is 7.54. The number of hydrogen-bond acceptors (Lipinski definition) is 4. The van der Waals surface area contributed by atoms with Gasteiger partial charge in [-0.25, -0.2) is 0 Å². The summed E-state index contributed by atoms with van der Waals surface area (Å²) in [6, 6.07) is 17.0. The zero-order chi connectivity index (χ0) is 19.9. The maximum absolute atomic E-state index is 12.7. The number of carbonyl (C=O) groups excluding carboxylic acids is 1. The molecule has 150 valence electrons. The van der Waals surface area contributed by atoms with E-state index in [0.717, 1.165) is 26.3 Å². The smallest absolute Gasteiger partial charge is 0.230 e. The summed E-state index contributed by atoms with van der Waals surface area (Å²) in [7, 11) is 0. The van der Waals surface area contributed by atoms with Crippen LogP contribution in [0.25, 0.3) is 0 Å². The van der Waals surface area contributed by atoms with Crippen molar-refractivity contribution < 1.29 is 9.53 Å². The van der Waals surface area contributed by atoms with Crippen LogP contribution in [0.4, 0.5) is 0 Å². The first-order valence-electron chi connectivity index (χ1n) is 9.91. The number of ether oxygens (including phenoxy) is 1. The normalized spacial score (nSPS) is 17.1. The Labute approximate surface area is 172 Å². The number of rotatable bonds is 7. The van der Waals surface area contributed by atoms with Crippen LogP contribution in [0.1, 0.15) is 29.7 Å². The van der Waals surface area contributed by atoms with E-state index in [-0.39, 0.29) is 18.0 Å². The first-order chi connectivity index (χ1) is 13.5. The average Bonchev–Trinajstić information content (AvgIpc) is 2.70. The van der Waals surface area contributed by atoms with Crippen molar-refractivity contribution >= 4 is 17.7 Å². The van der Waals surface area contributed by atoms with Gasteiger partial charge < -0.3 is 10.1 Å². The van der Waals surface area contributed by atoms with Crippen LogP contribution in [0.3, 0.4) is 0 Å². The number of nitrogens with zero attached hydrogens (tertiary/aromatic N) is 1. The summed E-state index contributed by atoms with van der Waals surface area (Å²) in [5.41, 5.74) is 3.67. The van der Waals surface area contributed by atoms with Gasteiger partial charge in [0.2, 0.25) is 5.91 Å². The van der Waals surface area contributed by atoms with E-state index in [2.05, 4.69) is 73.5 Å². The molecule has 1 amide bonds. The maximum atomic E-state index is 12.7. The summed E-state index contributed by atoms with van der Waals surface area (Å²) in [5, 5.41) is 3.24. The molecule has 3 rings (SSSR count). The van der Waals surface area contributed by atoms with Crippen LogP contribution in [-0.2, 0) is 9.53 Å². The van der Waals surface area contributed by atoms with Crippen molar-refractivity contribution in [2.75, 3.05) is 32.1 Å². The highest BCUT2D eigenvalue weighted by molar-refractivity contribution is 8.00. The monoisotopic (exact) mass is 398 g/mol. The molecule has 2 aromatic rings. The van der Waals surface area contributed by atoms with E-state index in [0.29, 0.717) is 5.75 Å². The summed E-state index contributed by atoms with van der Waals surface area (Å²) < 4.78 is 5.52. The molecule has 1 aliphatic rings. The number of aryl methyl sites for hydroxylation is 2. The summed E-state index contributed by atoms with van der Waals surface area (Å²) in [5.74, 6) is 0.506. The van der Waals surface area contributed by atoms with Crippen molar-refractivity contribution in [2.45, 2.75) is 37.8 Å². The number of hydrogen-bond donors (Lipinski definition) is 1. The molecule has 0 bridgehead atoms. The molecule has 1 N–H and O–H groups in total. The number of nitrogens with one attached hydrogen (secondary N) is 1. The predicted molar refractivity (Wildman–Crippen MR) is 116 cm³/mol. The zero-order valence-electron chi connectivity index (χ0n) is 17.0. The molecule has 1 heterocycles. The summed E-state index contributed by atoms with van der Waals surface area (Å²) >= 11 is 1.61. The van der Waals surface area contributed by atoms with E-state index >= 15 is 0 Å². The van der Waals surface area contributed by atoms with Crippen molar-refractivity contribution in [2.24, 2.45) is 0 Å². The SMILES string of the molecule is Cc1ccc(C)c(SCC(=O)NC(C)C(c2ccccc2)N2CCOCC2)c1. The fourth-order valence-corrected chi connectivity index (χ4v) is 4.64. The van der Waals surface area contributed by atoms with Crippen LogP contribution in [0.2, 0.25) is 0 Å². The quantitative estimate of drug-likeness (QED) is 0.717. The lowest BCUT2D eigenvalue weighted by atomic mass is 9.98. The van der Waals surface area contributed by atoms with Gasteiger partial charge in [-0.15, -0.1) is 11.8 Å². The average molecular weight is 399 g/mol. The minimum atomic E-state index is 0.0206. The van der Waals surface area contributed by atoms with Crippen molar-refractivity contribution in [3.05, 3.63) is 65.2 Å². The molecule has 0 spiro atoms. The minimum Gasteiger partial charge on any atom is -0.379 e. The van der Waals surface area contributed by atoms with Crippen LogP contribution in [0, 0.1) is 13.8 Å². The molecular weight excluding hydrogens is 368 g/mol. The Hall–Kier alpha value is -1.82. The molecule has 2 aromatic carbocycles. The molecule has 2 atom stereocenters. The van der Waals surface area contributed by atoms with Crippen molar-refractivity contribution in [3.8, 4) is 0 Å². The van der Waals surface area contributed by atoms with Gasteiger partial charge in [-0.1, -0.05) is 48.0 Å². The third kappa shape index (κ3) is 5.60. The lowest BCUT2D eigenvalue weighted by Crippen LogP contribution is -2.48. The first-order valence-corrected chi connectivity index (χ1v) is 10.9. The number of carbonyl (C=O) groups is 1. The van der Waals surface area contributed by atoms with Gasteiger partial charge in [-0.2, -0.15) is 0 Å². The van der Waals surface area contributed by atoms with Crippen LogP contribution in [0.5, 0.6) is 0 Å². The molecule has 2 unspecified atom stereocenters. The topological polar surface area (TPSA) is 41.6 Å². The Morgan fingerprint density at radius 1 is 1.14 bits per heavy atom. The van der Waals surface area contributed by atoms with E-state index in [1.165, 1.54) is 21.6 Å². The lowest BCUT2D eigenvalue weighted by Gasteiger charge is -2.38. The highest BCUT2D eigenvalue weighted by atomic mass is 32.2. The van der Waals surface area contributed by atoms with E-state index in [4.69, 9.17) is 4.74 Å². The number of morpholine rings is 1. The van der Waals surface area contributed by atoms with Gasteiger partial charge in [0.15, 0.2) is 0 Å². The van der Waals surface area contributed by atoms with Gasteiger partial charge in [-0.3, -0.25) is 9.69 Å². The molecule has 4 nitrogen and oxygen atoms in total. The number of amides is 1. The standard InChI is InChI=1S/C23H30N2O2S/c1-17-9-10-18(2)21(15-17)28-16-22(26)24-19(3)23(20-7-5-4-6-8-20)25-11-13-27-14-12-25/h4-10,15,19,23H,11-14,16H2,1-3H3,(H,24,26). The fourth-order valence-electron chi connectivity index (χ4n) is 3.70. The van der Waals surface area contributed by atoms with Gasteiger partial charge in [0, 0.05) is 24.0 Å². The molecule has 1 saturated heterocycles. The van der Waals surface area contributed by atoms with Gasteiger partial charge in [0.25, 0.3) is 0 Å². The predicted octanol–water partition coefficient (Wildman–Crippen LogP) is 3.97. The molecule has 0 aliphatic carbocycles. The number of thioether (sulfide) groups is 1. The molecule has 28 heavy (non-hydrogen) atoms. The van der Waals surface area contributed by atoms with Crippen LogP contribution >= 0.6 is 11.8 Å². The minimum absolute atomic E-state index is 0.0206. The van der Waals surface area contributed by atoms with Crippen molar-refractivity contribution in [1.29, 1.82) is 0 Å². The Morgan fingerprint density at radius 2 is 1.86 bits per heavy atom. The van der Waals surface area contributed by atoms with Crippen LogP contribution < -0.4 is 5.32 Å². The first kappa shape index (κ1) is 20.9. The molecule has 0 saturated carbocycles. The maximum Gasteiger partial charge on any atom is 0.230 e. The Balaban J connectivity index is 1.64. The third-order valence-corrected chi connectivity index (χ3v) is 6.30. The van der Waals surface area contributed by atoms with Gasteiger partial charge >= 0.3 is 0 Å². The van der Waals surface area contributed by atoms with E-state index in [1.54, 1.807) is 11.8 Å². The number of benzene rings is 2. The molecule has 5 heteroatoms. The summed E-state index contributed by atoms with van der Waals surface area (Å²) in [6.07, 6.45) is 0. The Morgan fingerprint density at radius 3 is 2.57 bits per heavy atom. The highest BCUT2D eigenvalue weighted by Gasteiger charge is 2.28. The van der Waals surface area contributed by atoms with Crippen LogP contribution in [-0.4, -0.2) is 48.9 Å². The van der Waals surface area contributed by atoms with Crippen molar-refractivity contribution in [3.63, 3.8) is 0 Å². The second-order valence-electron chi connectivity index (χ2n) is 7.42. The summed E-state index contributed by atoms with van der Waals surface area (Å²) in [4.78, 5) is 16.3. The molecular formula is C23H30N2O2S. The highest BCUT2D eigenvalue weighted by Crippen LogP contribution is 2.26. The van der Waals surface area contributed by atoms with Gasteiger partial charge in [0.1, 0.15) is 0 Å². The van der Waals surface area contributed by atoms with Crippen LogP contribution in [0.15, 0.2) is 53.4 Å². The van der Waals surface area contributed by atoms with E-state index in [9.17, 15) is 4.79 Å². The van der Waals surface area contributed by atoms with Crippen molar-refractivity contribution in [1.82, 2.24) is 10.2 Å². The van der Waals surface area contributed by atoms with Gasteiger partial charge in [-0.05, 0) is 38.0 Å². The lowest BCUT2D eigenvalue weighted by molar-refractivity contribution is -0.119. The Bertz CT molecular complexity index is 775. The second kappa shape index (κ2) is 10.1. The third-order valence-electron chi connectivity index (χ3n) is 5.14. The fraction of sp³-hybridized carbons (Fsp3) is 0.435. The summed E-state index contributed by atoms with van der Waals surface area (Å²) in [6.45, 7) is 9.53. The van der Waals surface area contributed by atoms with E-state index in [1.807, 2.05) is 6.07 Å². The second-order valence-corrected chi connectivity index (χ2v) is 8.43. The van der Waals surface area contributed by atoms with E-state index < -0.39 is 0 Å². The molecule has 0 radical (unpaired) electrons. The molecule has 0 aromatic heterocycles. The molecule has 1 fully saturated rings. The van der Waals surface area contributed by atoms with Gasteiger partial charge in [0.05, 0.1) is 25.0 Å². The zero-order valence-corrected chi connectivity index (χ0v) is 17.8. The molecule has 1 aliphatic heterocycles.